The van der Waals surface area contributed by atoms with Crippen molar-refractivity contribution in [2.45, 2.75) is 18.8 Å². The molecule has 0 radical (unpaired) electrons. The standard InChI is InChI=1S/C11H8Cl3N3/c12-8-4-3-7(5-9(8)13)17-10(6-1-2-6)15-16-11(17)14/h3-6H,1-2H2. The largest absolute Gasteiger partial charge is 0.269 e. The van der Waals surface area contributed by atoms with Crippen LogP contribution in [0.5, 0.6) is 0 Å². The van der Waals surface area contributed by atoms with Gasteiger partial charge in [0.15, 0.2) is 0 Å². The van der Waals surface area contributed by atoms with Gasteiger partial charge in [0.25, 0.3) is 0 Å². The molecule has 0 aliphatic heterocycles. The summed E-state index contributed by atoms with van der Waals surface area (Å²) in [6.07, 6.45) is 2.27. The van der Waals surface area contributed by atoms with E-state index in [0.29, 0.717) is 21.2 Å². The molecule has 0 N–H and O–H groups in total. The molecule has 0 spiro atoms. The van der Waals surface area contributed by atoms with Crippen LogP contribution in [0, 0.1) is 0 Å². The van der Waals surface area contributed by atoms with Crippen LogP contribution < -0.4 is 0 Å². The van der Waals surface area contributed by atoms with Crippen molar-refractivity contribution in [1.29, 1.82) is 0 Å². The van der Waals surface area contributed by atoms with Gasteiger partial charge in [-0.15, -0.1) is 10.2 Å². The highest BCUT2D eigenvalue weighted by molar-refractivity contribution is 6.42. The minimum atomic E-state index is 0.352. The smallest absolute Gasteiger partial charge is 0.229 e. The van der Waals surface area contributed by atoms with Gasteiger partial charge in [-0.3, -0.25) is 4.57 Å². The van der Waals surface area contributed by atoms with E-state index < -0.39 is 0 Å². The van der Waals surface area contributed by atoms with Crippen molar-refractivity contribution in [3.05, 3.63) is 39.4 Å². The third-order valence-electron chi connectivity index (χ3n) is 2.75. The van der Waals surface area contributed by atoms with Crippen LogP contribution in [0.3, 0.4) is 0 Å². The first-order valence-electron chi connectivity index (χ1n) is 5.23. The molecular formula is C11H8Cl3N3. The Labute approximate surface area is 113 Å². The maximum Gasteiger partial charge on any atom is 0.229 e. The minimum absolute atomic E-state index is 0.352. The van der Waals surface area contributed by atoms with Crippen LogP contribution in [0.4, 0.5) is 0 Å². The molecule has 0 saturated heterocycles. The molecule has 6 heteroatoms. The highest BCUT2D eigenvalue weighted by Crippen LogP contribution is 2.41. The molecule has 3 rings (SSSR count). The van der Waals surface area contributed by atoms with Crippen LogP contribution in [0.15, 0.2) is 18.2 Å². The fourth-order valence-corrected chi connectivity index (χ4v) is 2.26. The SMILES string of the molecule is Clc1ccc(-n2c(Cl)nnc2C2CC2)cc1Cl. The van der Waals surface area contributed by atoms with Gasteiger partial charge in [0.2, 0.25) is 5.28 Å². The highest BCUT2D eigenvalue weighted by atomic mass is 35.5. The summed E-state index contributed by atoms with van der Waals surface area (Å²) in [5.74, 6) is 1.36. The minimum Gasteiger partial charge on any atom is -0.269 e. The maximum absolute atomic E-state index is 6.06. The molecule has 0 bridgehead atoms. The van der Waals surface area contributed by atoms with Crippen molar-refractivity contribution < 1.29 is 0 Å². The van der Waals surface area contributed by atoms with Gasteiger partial charge in [-0.1, -0.05) is 23.2 Å². The molecule has 1 aliphatic carbocycles. The van der Waals surface area contributed by atoms with Crippen molar-refractivity contribution in [2.24, 2.45) is 0 Å². The van der Waals surface area contributed by atoms with Crippen molar-refractivity contribution in [3.8, 4) is 5.69 Å². The Morgan fingerprint density at radius 3 is 2.47 bits per heavy atom. The number of benzene rings is 1. The number of hydrogen-bond acceptors (Lipinski definition) is 2. The lowest BCUT2D eigenvalue weighted by Gasteiger charge is -2.08. The lowest BCUT2D eigenvalue weighted by atomic mass is 10.3. The maximum atomic E-state index is 6.06. The van der Waals surface area contributed by atoms with Gasteiger partial charge < -0.3 is 0 Å². The molecule has 0 amide bonds. The van der Waals surface area contributed by atoms with E-state index in [-0.39, 0.29) is 0 Å². The topological polar surface area (TPSA) is 30.7 Å². The zero-order chi connectivity index (χ0) is 12.0. The van der Waals surface area contributed by atoms with E-state index in [4.69, 9.17) is 34.8 Å². The van der Waals surface area contributed by atoms with Crippen molar-refractivity contribution >= 4 is 34.8 Å². The second-order valence-corrected chi connectivity index (χ2v) is 5.19. The Morgan fingerprint density at radius 2 is 1.82 bits per heavy atom. The molecule has 0 atom stereocenters. The predicted molar refractivity (Wildman–Crippen MR) is 68.4 cm³/mol. The van der Waals surface area contributed by atoms with Gasteiger partial charge in [-0.05, 0) is 42.6 Å². The molecular weight excluding hydrogens is 281 g/mol. The average molecular weight is 289 g/mol. The Hall–Kier alpha value is -0.770. The van der Waals surface area contributed by atoms with E-state index in [2.05, 4.69) is 10.2 Å². The van der Waals surface area contributed by atoms with E-state index in [9.17, 15) is 0 Å². The number of nitrogens with zero attached hydrogens (tertiary/aromatic N) is 3. The second kappa shape index (κ2) is 4.16. The number of rotatable bonds is 2. The molecule has 1 fully saturated rings. The predicted octanol–water partition coefficient (Wildman–Crippen LogP) is 4.10. The molecule has 3 nitrogen and oxygen atoms in total. The Bertz CT molecular complexity index is 575. The number of hydrogen-bond donors (Lipinski definition) is 0. The summed E-state index contributed by atoms with van der Waals surface area (Å²) in [5.41, 5.74) is 0.844. The average Bonchev–Trinajstić information content (AvgIpc) is 3.07. The van der Waals surface area contributed by atoms with Crippen LogP contribution >= 0.6 is 34.8 Å². The summed E-state index contributed by atoms with van der Waals surface area (Å²) in [6.45, 7) is 0. The zero-order valence-corrected chi connectivity index (χ0v) is 11.0. The Balaban J connectivity index is 2.13. The lowest BCUT2D eigenvalue weighted by molar-refractivity contribution is 0.872. The third kappa shape index (κ3) is 2.03. The first kappa shape index (κ1) is 11.3. The van der Waals surface area contributed by atoms with E-state index >= 15 is 0 Å². The molecule has 1 aromatic heterocycles. The van der Waals surface area contributed by atoms with E-state index in [1.165, 1.54) is 0 Å². The van der Waals surface area contributed by atoms with E-state index in [1.807, 2.05) is 10.6 Å². The summed E-state index contributed by atoms with van der Waals surface area (Å²) >= 11 is 17.9. The molecule has 1 aromatic carbocycles. The number of halogens is 3. The fraction of sp³-hybridized carbons (Fsp3) is 0.273. The summed E-state index contributed by atoms with van der Waals surface area (Å²) in [5, 5.41) is 9.39. The van der Waals surface area contributed by atoms with Gasteiger partial charge in [0.05, 0.1) is 15.7 Å². The van der Waals surface area contributed by atoms with Crippen molar-refractivity contribution in [2.75, 3.05) is 0 Å². The molecule has 2 aromatic rings. The van der Waals surface area contributed by atoms with Gasteiger partial charge >= 0.3 is 0 Å². The first-order valence-corrected chi connectivity index (χ1v) is 6.36. The zero-order valence-electron chi connectivity index (χ0n) is 8.70. The van der Waals surface area contributed by atoms with E-state index in [1.54, 1.807) is 12.1 Å². The molecule has 1 heterocycles. The summed E-state index contributed by atoms with van der Waals surface area (Å²) in [7, 11) is 0. The third-order valence-corrected chi connectivity index (χ3v) is 3.74. The van der Waals surface area contributed by atoms with Gasteiger partial charge in [0.1, 0.15) is 5.82 Å². The van der Waals surface area contributed by atoms with Crippen LogP contribution in [0.25, 0.3) is 5.69 Å². The van der Waals surface area contributed by atoms with Gasteiger partial charge in [-0.2, -0.15) is 0 Å². The highest BCUT2D eigenvalue weighted by Gasteiger charge is 2.30. The number of aromatic nitrogens is 3. The van der Waals surface area contributed by atoms with Crippen LogP contribution in [0.1, 0.15) is 24.6 Å². The fourth-order valence-electron chi connectivity index (χ4n) is 1.75. The lowest BCUT2D eigenvalue weighted by Crippen LogP contribution is -2.00. The van der Waals surface area contributed by atoms with Crippen molar-refractivity contribution in [3.63, 3.8) is 0 Å². The normalized spacial score (nSPS) is 15.2. The molecule has 88 valence electrons. The van der Waals surface area contributed by atoms with Crippen LogP contribution in [-0.4, -0.2) is 14.8 Å². The molecule has 17 heavy (non-hydrogen) atoms. The quantitative estimate of drug-likeness (QED) is 0.833. The molecule has 1 saturated carbocycles. The Morgan fingerprint density at radius 1 is 1.06 bits per heavy atom. The van der Waals surface area contributed by atoms with E-state index in [0.717, 1.165) is 24.4 Å². The summed E-state index contributed by atoms with van der Waals surface area (Å²) < 4.78 is 1.82. The summed E-state index contributed by atoms with van der Waals surface area (Å²) in [4.78, 5) is 0. The second-order valence-electron chi connectivity index (χ2n) is 4.04. The van der Waals surface area contributed by atoms with Crippen molar-refractivity contribution in [1.82, 2.24) is 14.8 Å². The Kier molecular flexibility index (Phi) is 2.77. The monoisotopic (exact) mass is 287 g/mol. The summed E-state index contributed by atoms with van der Waals surface area (Å²) in [6, 6.07) is 5.37. The van der Waals surface area contributed by atoms with Gasteiger partial charge in [0, 0.05) is 5.92 Å². The van der Waals surface area contributed by atoms with Gasteiger partial charge in [-0.25, -0.2) is 0 Å². The first-order chi connectivity index (χ1) is 8.16. The van der Waals surface area contributed by atoms with Crippen LogP contribution in [-0.2, 0) is 0 Å². The molecule has 1 aliphatic rings. The van der Waals surface area contributed by atoms with Crippen LogP contribution in [0.2, 0.25) is 15.3 Å². The molecule has 0 unspecified atom stereocenters.